The normalized spacial score (nSPS) is 18.2. The highest BCUT2D eigenvalue weighted by atomic mass is 16.7. The standard InChI is InChI=1S/C85H149NO8/c1-3-5-7-9-11-13-15-17-19-21-23-25-27-29-31-33-35-37-38-39-40-41-42-43-45-47-49-51-53-55-57-59-61-63-65-67-69-71-73-75-81(89)86-78(77-93-85-84(92)83(91)82(90)80(76-87)94-85)79(88)74-72-70-68-66-64-62-60-58-56-54-52-50-48-46-44-36-34-32-30-28-26-24-22-20-18-16-14-12-10-8-6-4-2/h5,7,11,13,17,19,23,25,29,31,35,37,39-40,56,58,64,66,72,74,78-80,82-85,87-88,90-92H,3-4,6,8-10,12,14-16,18,20-22,24,26-28,30,32-34,36,38,41-55,57,59-63,65,67-71,73,75-77H2,1-2H3,(H,86,89)/b7-5-,13-11-,19-17-,25-23-,31-29-,37-35-,40-39-,58-56+,66-64+,74-72+. The largest absolute Gasteiger partial charge is 0.394 e. The third kappa shape index (κ3) is 59.8. The Bertz CT molecular complexity index is 1910. The summed E-state index contributed by atoms with van der Waals surface area (Å²) in [6.07, 6.45) is 102. The maximum absolute atomic E-state index is 13.2. The second-order valence-corrected chi connectivity index (χ2v) is 27.1. The van der Waals surface area contributed by atoms with Gasteiger partial charge in [-0.1, -0.05) is 367 Å². The number of nitrogens with one attached hydrogen (secondary N) is 1. The number of amides is 1. The van der Waals surface area contributed by atoms with Gasteiger partial charge in [0.2, 0.25) is 5.91 Å². The van der Waals surface area contributed by atoms with Crippen molar-refractivity contribution >= 4 is 5.91 Å². The molecule has 1 amide bonds. The van der Waals surface area contributed by atoms with E-state index in [0.717, 1.165) is 89.9 Å². The summed E-state index contributed by atoms with van der Waals surface area (Å²) in [5, 5.41) is 54.9. The number of aliphatic hydroxyl groups is 5. The van der Waals surface area contributed by atoms with Crippen LogP contribution in [0.15, 0.2) is 122 Å². The minimum absolute atomic E-state index is 0.190. The smallest absolute Gasteiger partial charge is 0.220 e. The Morgan fingerprint density at radius 3 is 1.02 bits per heavy atom. The minimum Gasteiger partial charge on any atom is -0.394 e. The Kier molecular flexibility index (Phi) is 68.2. The predicted octanol–water partition coefficient (Wildman–Crippen LogP) is 22.9. The van der Waals surface area contributed by atoms with E-state index in [1.165, 1.54) is 244 Å². The summed E-state index contributed by atoms with van der Waals surface area (Å²) in [5.41, 5.74) is 0. The highest BCUT2D eigenvalue weighted by molar-refractivity contribution is 5.76. The van der Waals surface area contributed by atoms with Crippen LogP contribution in [-0.4, -0.2) is 87.5 Å². The maximum atomic E-state index is 13.2. The van der Waals surface area contributed by atoms with Gasteiger partial charge in [-0.05, 0) is 103 Å². The molecule has 9 nitrogen and oxygen atoms in total. The van der Waals surface area contributed by atoms with Gasteiger partial charge in [-0.15, -0.1) is 0 Å². The molecule has 1 saturated heterocycles. The van der Waals surface area contributed by atoms with Crippen LogP contribution >= 0.6 is 0 Å². The quantitative estimate of drug-likeness (QED) is 0.0261. The van der Waals surface area contributed by atoms with Crippen molar-refractivity contribution in [1.29, 1.82) is 0 Å². The molecule has 0 bridgehead atoms. The van der Waals surface area contributed by atoms with Crippen molar-refractivity contribution in [3.8, 4) is 0 Å². The number of ether oxygens (including phenoxy) is 2. The summed E-state index contributed by atoms with van der Waals surface area (Å²) >= 11 is 0. The molecule has 0 radical (unpaired) electrons. The Balaban J connectivity index is 2.11. The second-order valence-electron chi connectivity index (χ2n) is 27.1. The molecule has 1 aliphatic heterocycles. The maximum Gasteiger partial charge on any atom is 0.220 e. The molecular formula is C85H149NO8. The van der Waals surface area contributed by atoms with Crippen LogP contribution in [0.25, 0.3) is 0 Å². The van der Waals surface area contributed by atoms with Crippen LogP contribution in [0.1, 0.15) is 354 Å². The van der Waals surface area contributed by atoms with Gasteiger partial charge in [0, 0.05) is 6.42 Å². The van der Waals surface area contributed by atoms with Gasteiger partial charge in [0.1, 0.15) is 24.4 Å². The molecule has 0 aromatic heterocycles. The summed E-state index contributed by atoms with van der Waals surface area (Å²) in [5.74, 6) is -0.190. The zero-order valence-electron chi connectivity index (χ0n) is 60.9. The average Bonchev–Trinajstić information content (AvgIpc) is 0.829. The van der Waals surface area contributed by atoms with E-state index in [0.29, 0.717) is 6.42 Å². The first kappa shape index (κ1) is 88.6. The van der Waals surface area contributed by atoms with Gasteiger partial charge >= 0.3 is 0 Å². The molecule has 1 fully saturated rings. The summed E-state index contributed by atoms with van der Waals surface area (Å²) in [4.78, 5) is 13.2. The summed E-state index contributed by atoms with van der Waals surface area (Å²) in [6, 6.07) is -0.837. The topological polar surface area (TPSA) is 149 Å². The third-order valence-corrected chi connectivity index (χ3v) is 18.2. The molecule has 0 aliphatic carbocycles. The van der Waals surface area contributed by atoms with Crippen molar-refractivity contribution in [3.05, 3.63) is 122 Å². The first-order valence-corrected chi connectivity index (χ1v) is 39.8. The van der Waals surface area contributed by atoms with Crippen molar-refractivity contribution in [2.45, 2.75) is 397 Å². The van der Waals surface area contributed by atoms with Crippen LogP contribution in [0.3, 0.4) is 0 Å². The zero-order chi connectivity index (χ0) is 67.8. The molecular weight excluding hydrogens is 1160 g/mol. The van der Waals surface area contributed by atoms with Gasteiger partial charge in [0.05, 0.1) is 25.4 Å². The Morgan fingerprint density at radius 2 is 0.670 bits per heavy atom. The van der Waals surface area contributed by atoms with E-state index in [2.05, 4.69) is 129 Å². The molecule has 9 heteroatoms. The summed E-state index contributed by atoms with van der Waals surface area (Å²) in [6.45, 7) is 3.68. The predicted molar refractivity (Wildman–Crippen MR) is 405 cm³/mol. The molecule has 542 valence electrons. The number of carbonyl (C=O) groups excluding carboxylic acids is 1. The monoisotopic (exact) mass is 1310 g/mol. The van der Waals surface area contributed by atoms with E-state index in [1.807, 2.05) is 6.08 Å². The number of rotatable bonds is 69. The van der Waals surface area contributed by atoms with E-state index >= 15 is 0 Å². The number of unbranched alkanes of at least 4 members (excludes halogenated alkanes) is 41. The van der Waals surface area contributed by atoms with Crippen molar-refractivity contribution in [2.24, 2.45) is 0 Å². The van der Waals surface area contributed by atoms with Gasteiger partial charge in [0.15, 0.2) is 6.29 Å². The van der Waals surface area contributed by atoms with E-state index in [9.17, 15) is 30.3 Å². The highest BCUT2D eigenvalue weighted by Crippen LogP contribution is 2.23. The Labute approximate surface area is 579 Å². The molecule has 7 atom stereocenters. The first-order valence-electron chi connectivity index (χ1n) is 39.8. The van der Waals surface area contributed by atoms with Crippen molar-refractivity contribution < 1.29 is 39.8 Å². The minimum atomic E-state index is -1.58. The fraction of sp³-hybridized carbons (Fsp3) is 0.753. The van der Waals surface area contributed by atoms with E-state index in [-0.39, 0.29) is 12.5 Å². The highest BCUT2D eigenvalue weighted by Gasteiger charge is 2.44. The van der Waals surface area contributed by atoms with Crippen molar-refractivity contribution in [3.63, 3.8) is 0 Å². The molecule has 6 N–H and O–H groups in total. The fourth-order valence-corrected chi connectivity index (χ4v) is 12.1. The second kappa shape index (κ2) is 72.3. The first-order chi connectivity index (χ1) is 46.3. The van der Waals surface area contributed by atoms with Crippen LogP contribution < -0.4 is 5.32 Å². The molecule has 1 heterocycles. The van der Waals surface area contributed by atoms with Gasteiger partial charge in [0.25, 0.3) is 0 Å². The SMILES string of the molecule is CC/C=C\C/C=C\C/C=C\C/C=C\C/C=C\C/C=C\C/C=C\CCCCCCCCCCCCCCCCCCCC(=O)NC(COC1OC(CO)C(O)C(O)C1O)C(O)/C=C/CC/C=C/CC/C=C/CCCCCCCCCCCCCCCCCCCCCCCC. The molecule has 94 heavy (non-hydrogen) atoms. The van der Waals surface area contributed by atoms with Gasteiger partial charge in [-0.3, -0.25) is 4.79 Å². The van der Waals surface area contributed by atoms with Crippen LogP contribution in [0.2, 0.25) is 0 Å². The van der Waals surface area contributed by atoms with Crippen LogP contribution in [0.5, 0.6) is 0 Å². The molecule has 1 rings (SSSR count). The van der Waals surface area contributed by atoms with Crippen molar-refractivity contribution in [1.82, 2.24) is 5.32 Å². The van der Waals surface area contributed by atoms with Gasteiger partial charge in [-0.2, -0.15) is 0 Å². The van der Waals surface area contributed by atoms with Crippen LogP contribution in [-0.2, 0) is 14.3 Å². The lowest BCUT2D eigenvalue weighted by molar-refractivity contribution is -0.302. The molecule has 0 saturated carbocycles. The Morgan fingerprint density at radius 1 is 0.372 bits per heavy atom. The number of hydrogen-bond donors (Lipinski definition) is 6. The van der Waals surface area contributed by atoms with E-state index in [1.54, 1.807) is 6.08 Å². The fourth-order valence-electron chi connectivity index (χ4n) is 12.1. The Hall–Kier alpha value is -3.41. The molecule has 0 aromatic rings. The lowest BCUT2D eigenvalue weighted by Crippen LogP contribution is -2.60. The lowest BCUT2D eigenvalue weighted by Gasteiger charge is -2.40. The summed E-state index contributed by atoms with van der Waals surface area (Å²) in [7, 11) is 0. The van der Waals surface area contributed by atoms with Gasteiger partial charge < -0.3 is 40.3 Å². The zero-order valence-corrected chi connectivity index (χ0v) is 60.9. The molecule has 0 aromatic carbocycles. The van der Waals surface area contributed by atoms with Crippen molar-refractivity contribution in [2.75, 3.05) is 13.2 Å². The number of hydrogen-bond acceptors (Lipinski definition) is 8. The van der Waals surface area contributed by atoms with Crippen LogP contribution in [0.4, 0.5) is 0 Å². The number of aliphatic hydroxyl groups excluding tert-OH is 5. The lowest BCUT2D eigenvalue weighted by atomic mass is 9.99. The van der Waals surface area contributed by atoms with Crippen LogP contribution in [0, 0.1) is 0 Å². The molecule has 7 unspecified atom stereocenters. The third-order valence-electron chi connectivity index (χ3n) is 18.2. The number of allylic oxidation sites excluding steroid dienone is 19. The summed E-state index contributed by atoms with van der Waals surface area (Å²) < 4.78 is 11.3. The molecule has 0 spiro atoms. The number of carbonyl (C=O) groups is 1. The molecule has 1 aliphatic rings. The van der Waals surface area contributed by atoms with E-state index in [4.69, 9.17) is 9.47 Å². The van der Waals surface area contributed by atoms with E-state index < -0.39 is 49.5 Å². The van der Waals surface area contributed by atoms with Gasteiger partial charge in [-0.25, -0.2) is 0 Å². The average molecular weight is 1310 g/mol.